The van der Waals surface area contributed by atoms with Crippen LogP contribution in [0.3, 0.4) is 0 Å². The van der Waals surface area contributed by atoms with E-state index in [2.05, 4.69) is 16.9 Å². The van der Waals surface area contributed by atoms with Crippen LogP contribution in [-0.4, -0.2) is 29.7 Å². The molecule has 0 aliphatic rings. The summed E-state index contributed by atoms with van der Waals surface area (Å²) in [7, 11) is 2.96. The second-order valence-corrected chi connectivity index (χ2v) is 8.55. The number of carbonyl (C=O) groups is 1. The Morgan fingerprint density at radius 1 is 1.11 bits per heavy atom. The van der Waals surface area contributed by atoms with Gasteiger partial charge in [-0.3, -0.25) is 14.6 Å². The van der Waals surface area contributed by atoms with Crippen molar-refractivity contribution in [2.75, 3.05) is 19.5 Å². The molecule has 7 nitrogen and oxygen atoms in total. The zero-order chi connectivity index (χ0) is 26.0. The van der Waals surface area contributed by atoms with E-state index in [0.717, 1.165) is 10.9 Å². The highest BCUT2D eigenvalue weighted by Gasteiger charge is 2.22. The van der Waals surface area contributed by atoms with Gasteiger partial charge in [0, 0.05) is 41.0 Å². The largest absolute Gasteiger partial charge is 0.495 e. The molecule has 1 amide bonds. The molecule has 2 heterocycles. The average Bonchev–Trinajstić information content (AvgIpc) is 2.89. The number of fused-ring (bicyclic) bond motifs is 1. The van der Waals surface area contributed by atoms with Crippen LogP contribution < -0.4 is 20.3 Å². The molecule has 2 aromatic heterocycles. The molecule has 36 heavy (non-hydrogen) atoms. The number of anilines is 1. The Kier molecular flexibility index (Phi) is 7.33. The third kappa shape index (κ3) is 4.55. The first kappa shape index (κ1) is 25.3. The van der Waals surface area contributed by atoms with E-state index in [1.165, 1.54) is 20.3 Å². The first-order valence-electron chi connectivity index (χ1n) is 11.0. The summed E-state index contributed by atoms with van der Waals surface area (Å²) in [4.78, 5) is 30.0. The number of hydrogen-bond acceptors (Lipinski definition) is 5. The zero-order valence-electron chi connectivity index (χ0n) is 19.9. The third-order valence-electron chi connectivity index (χ3n) is 5.75. The number of nitrogens with zero attached hydrogens (tertiary/aromatic N) is 2. The van der Waals surface area contributed by atoms with Gasteiger partial charge in [0.1, 0.15) is 11.5 Å². The van der Waals surface area contributed by atoms with Crippen LogP contribution in [0, 0.1) is 0 Å². The second kappa shape index (κ2) is 10.4. The molecule has 4 aromatic rings. The molecule has 9 heteroatoms. The Morgan fingerprint density at radius 2 is 1.81 bits per heavy atom. The van der Waals surface area contributed by atoms with Gasteiger partial charge in [-0.1, -0.05) is 41.9 Å². The van der Waals surface area contributed by atoms with Crippen molar-refractivity contribution in [3.05, 3.63) is 81.7 Å². The molecule has 4 rings (SSSR count). The van der Waals surface area contributed by atoms with E-state index in [-0.39, 0.29) is 21.5 Å². The summed E-state index contributed by atoms with van der Waals surface area (Å²) in [6.07, 6.45) is 2.89. The molecular weight excluding hydrogens is 501 g/mol. The SMILES string of the molecule is C=CC(=O)Nc1cccc(-c2cc3c(cn2)cc(-c2c(Cl)c(OC)cc(OC)c2Cl)c(=O)n3CC)c1. The molecule has 0 bridgehead atoms. The molecule has 184 valence electrons. The first-order chi connectivity index (χ1) is 17.3. The van der Waals surface area contributed by atoms with Gasteiger partial charge in [0.15, 0.2) is 0 Å². The number of aryl methyl sites for hydroxylation is 1. The highest BCUT2D eigenvalue weighted by molar-refractivity contribution is 6.41. The summed E-state index contributed by atoms with van der Waals surface area (Å²) in [5.41, 5.74) is 3.09. The maximum atomic E-state index is 13.7. The third-order valence-corrected chi connectivity index (χ3v) is 6.50. The molecule has 0 aliphatic carbocycles. The molecule has 2 aromatic carbocycles. The summed E-state index contributed by atoms with van der Waals surface area (Å²) in [5.74, 6) is 0.372. The van der Waals surface area contributed by atoms with Gasteiger partial charge in [0.25, 0.3) is 5.56 Å². The van der Waals surface area contributed by atoms with Crippen LogP contribution in [0.15, 0.2) is 66.1 Å². The van der Waals surface area contributed by atoms with Crippen LogP contribution in [0.5, 0.6) is 11.5 Å². The molecule has 0 saturated heterocycles. The van der Waals surface area contributed by atoms with Crippen LogP contribution >= 0.6 is 23.2 Å². The molecular formula is C27H23Cl2N3O4. The Bertz CT molecular complexity index is 1540. The molecule has 0 fully saturated rings. The summed E-state index contributed by atoms with van der Waals surface area (Å²) in [6.45, 7) is 5.75. The maximum absolute atomic E-state index is 13.7. The number of hydrogen-bond donors (Lipinski definition) is 1. The molecule has 0 atom stereocenters. The van der Waals surface area contributed by atoms with Crippen molar-refractivity contribution in [1.29, 1.82) is 0 Å². The van der Waals surface area contributed by atoms with Crippen LogP contribution in [0.25, 0.3) is 33.3 Å². The minimum Gasteiger partial charge on any atom is -0.495 e. The Balaban J connectivity index is 1.92. The van der Waals surface area contributed by atoms with Crippen LogP contribution in [0.1, 0.15) is 6.92 Å². The maximum Gasteiger partial charge on any atom is 0.259 e. The molecule has 0 saturated carbocycles. The van der Waals surface area contributed by atoms with Crippen molar-refractivity contribution in [3.8, 4) is 33.9 Å². The first-order valence-corrected chi connectivity index (χ1v) is 11.8. The number of carbonyl (C=O) groups excluding carboxylic acids is 1. The van der Waals surface area contributed by atoms with Gasteiger partial charge in [-0.2, -0.15) is 0 Å². The van der Waals surface area contributed by atoms with Gasteiger partial charge in [-0.25, -0.2) is 0 Å². The number of halogens is 2. The lowest BCUT2D eigenvalue weighted by atomic mass is 10.0. The number of ether oxygens (including phenoxy) is 2. The van der Waals surface area contributed by atoms with Crippen molar-refractivity contribution in [2.45, 2.75) is 13.5 Å². The summed E-state index contributed by atoms with van der Waals surface area (Å²) in [6, 6.07) is 12.4. The fourth-order valence-electron chi connectivity index (χ4n) is 3.99. The monoisotopic (exact) mass is 523 g/mol. The molecule has 0 spiro atoms. The second-order valence-electron chi connectivity index (χ2n) is 7.79. The van der Waals surface area contributed by atoms with E-state index in [1.54, 1.807) is 35.0 Å². The number of methoxy groups -OCH3 is 2. The predicted molar refractivity (Wildman–Crippen MR) is 144 cm³/mol. The van der Waals surface area contributed by atoms with E-state index >= 15 is 0 Å². The minimum atomic E-state index is -0.308. The quantitative estimate of drug-likeness (QED) is 0.291. The zero-order valence-corrected chi connectivity index (χ0v) is 21.4. The van der Waals surface area contributed by atoms with E-state index in [4.69, 9.17) is 32.7 Å². The standard InChI is InChI=1S/C27H23Cl2N3O4/c1-5-23(33)31-17-9-7-8-15(10-17)19-12-20-16(14-30-19)11-18(27(34)32(20)6-2)24-25(28)21(35-3)13-22(36-4)26(24)29/h5,7-14H,1,6H2,2-4H3,(H,31,33). The van der Waals surface area contributed by atoms with Crippen LogP contribution in [0.2, 0.25) is 10.0 Å². The highest BCUT2D eigenvalue weighted by atomic mass is 35.5. The number of amides is 1. The molecule has 0 aliphatic heterocycles. The van der Waals surface area contributed by atoms with Gasteiger partial charge in [0.2, 0.25) is 5.91 Å². The lowest BCUT2D eigenvalue weighted by Gasteiger charge is -2.17. The summed E-state index contributed by atoms with van der Waals surface area (Å²) in [5, 5.41) is 3.89. The molecule has 0 radical (unpaired) electrons. The van der Waals surface area contributed by atoms with Crippen molar-refractivity contribution >= 4 is 45.7 Å². The Hall–Kier alpha value is -3.81. The van der Waals surface area contributed by atoms with Crippen molar-refractivity contribution < 1.29 is 14.3 Å². The van der Waals surface area contributed by atoms with E-state index in [1.807, 2.05) is 25.1 Å². The summed E-state index contributed by atoms with van der Waals surface area (Å²) < 4.78 is 12.4. The fraction of sp³-hybridized carbons (Fsp3) is 0.148. The number of benzene rings is 2. The number of pyridine rings is 2. The Labute approximate surface area is 217 Å². The lowest BCUT2D eigenvalue weighted by molar-refractivity contribution is -0.111. The van der Waals surface area contributed by atoms with Crippen LogP contribution in [0.4, 0.5) is 5.69 Å². The number of rotatable bonds is 7. The minimum absolute atomic E-state index is 0.213. The number of nitrogens with one attached hydrogen (secondary N) is 1. The van der Waals surface area contributed by atoms with E-state index in [0.29, 0.717) is 46.1 Å². The van der Waals surface area contributed by atoms with Gasteiger partial charge in [0.05, 0.1) is 41.0 Å². The van der Waals surface area contributed by atoms with Gasteiger partial charge in [-0.05, 0) is 37.3 Å². The average molecular weight is 524 g/mol. The predicted octanol–water partition coefficient (Wildman–Crippen LogP) is 6.20. The topological polar surface area (TPSA) is 82.5 Å². The summed E-state index contributed by atoms with van der Waals surface area (Å²) >= 11 is 13.2. The van der Waals surface area contributed by atoms with Gasteiger partial charge in [-0.15, -0.1) is 0 Å². The van der Waals surface area contributed by atoms with Crippen molar-refractivity contribution in [3.63, 3.8) is 0 Å². The smallest absolute Gasteiger partial charge is 0.259 e. The molecule has 0 unspecified atom stereocenters. The lowest BCUT2D eigenvalue weighted by Crippen LogP contribution is -2.21. The van der Waals surface area contributed by atoms with Crippen LogP contribution in [-0.2, 0) is 11.3 Å². The fourth-order valence-corrected chi connectivity index (χ4v) is 4.70. The highest BCUT2D eigenvalue weighted by Crippen LogP contribution is 2.45. The number of aromatic nitrogens is 2. The van der Waals surface area contributed by atoms with E-state index in [9.17, 15) is 9.59 Å². The van der Waals surface area contributed by atoms with Gasteiger partial charge >= 0.3 is 0 Å². The van der Waals surface area contributed by atoms with Gasteiger partial charge < -0.3 is 19.4 Å². The normalized spacial score (nSPS) is 10.8. The van der Waals surface area contributed by atoms with Crippen molar-refractivity contribution in [2.24, 2.45) is 0 Å². The van der Waals surface area contributed by atoms with Crippen molar-refractivity contribution in [1.82, 2.24) is 9.55 Å². The van der Waals surface area contributed by atoms with E-state index < -0.39 is 0 Å². The Morgan fingerprint density at radius 3 is 2.42 bits per heavy atom. The molecule has 1 N–H and O–H groups in total.